The summed E-state index contributed by atoms with van der Waals surface area (Å²) in [5, 5.41) is 0. The first kappa shape index (κ1) is 24.2. The van der Waals surface area contributed by atoms with Crippen molar-refractivity contribution in [2.45, 2.75) is 26.6 Å². The zero-order valence-corrected chi connectivity index (χ0v) is 20.1. The van der Waals surface area contributed by atoms with Crippen LogP contribution in [0.5, 0.6) is 0 Å². The molecule has 1 aliphatic rings. The lowest BCUT2D eigenvalue weighted by atomic mass is 10.1. The highest BCUT2D eigenvalue weighted by atomic mass is 16.5. The zero-order valence-electron chi connectivity index (χ0n) is 20.1. The van der Waals surface area contributed by atoms with Crippen LogP contribution in [0.1, 0.15) is 22.4 Å². The van der Waals surface area contributed by atoms with Gasteiger partial charge in [0.2, 0.25) is 0 Å². The average Bonchev–Trinajstić information content (AvgIpc) is 3.29. The number of carbonyl (C=O) groups is 1. The molecular formula is C28H35N3O3. The first-order valence-electron chi connectivity index (χ1n) is 12.1. The van der Waals surface area contributed by atoms with Gasteiger partial charge in [-0.2, -0.15) is 0 Å². The highest BCUT2D eigenvalue weighted by Crippen LogP contribution is 2.13. The van der Waals surface area contributed by atoms with Gasteiger partial charge in [-0.3, -0.25) is 14.6 Å². The number of aromatic nitrogens is 1. The minimum absolute atomic E-state index is 0.192. The Balaban J connectivity index is 1.39. The molecule has 6 heteroatoms. The van der Waals surface area contributed by atoms with E-state index in [2.05, 4.69) is 63.9 Å². The Hall–Kier alpha value is -2.93. The van der Waals surface area contributed by atoms with Crippen LogP contribution < -0.4 is 0 Å². The lowest BCUT2D eigenvalue weighted by molar-refractivity contribution is -0.146. The fourth-order valence-electron chi connectivity index (χ4n) is 4.27. The van der Waals surface area contributed by atoms with Crippen molar-refractivity contribution >= 4 is 5.97 Å². The topological polar surface area (TPSA) is 46.9 Å². The maximum atomic E-state index is 12.7. The highest BCUT2D eigenvalue weighted by Gasteiger charge is 2.17. The van der Waals surface area contributed by atoms with Gasteiger partial charge in [0.15, 0.2) is 0 Å². The van der Waals surface area contributed by atoms with Crippen LogP contribution in [0.4, 0.5) is 0 Å². The third-order valence-electron chi connectivity index (χ3n) is 6.18. The monoisotopic (exact) mass is 461 g/mol. The maximum Gasteiger partial charge on any atom is 0.320 e. The Kier molecular flexibility index (Phi) is 8.90. The van der Waals surface area contributed by atoms with E-state index >= 15 is 0 Å². The van der Waals surface area contributed by atoms with Crippen molar-refractivity contribution in [3.63, 3.8) is 0 Å². The molecule has 0 aliphatic carbocycles. The van der Waals surface area contributed by atoms with Crippen molar-refractivity contribution in [3.05, 3.63) is 95.3 Å². The van der Waals surface area contributed by atoms with Gasteiger partial charge in [0.1, 0.15) is 6.61 Å². The Morgan fingerprint density at radius 2 is 1.79 bits per heavy atom. The molecule has 0 bridgehead atoms. The first-order valence-corrected chi connectivity index (χ1v) is 12.1. The minimum atomic E-state index is -0.192. The standard InChI is InChI=1S/C28H35N3O3/c1-24-7-5-10-26(19-24)20-31-12-6-11-27(31)21-30(14-13-29-15-17-33-18-16-29)22-28(32)34-23-25-8-3-2-4-9-25/h2-12,19H,13-18,20-23H2,1H3. The van der Waals surface area contributed by atoms with Gasteiger partial charge < -0.3 is 14.0 Å². The summed E-state index contributed by atoms with van der Waals surface area (Å²) in [6.45, 7) is 9.36. The molecule has 0 unspecified atom stereocenters. The van der Waals surface area contributed by atoms with Crippen LogP contribution in [0.3, 0.4) is 0 Å². The molecule has 0 radical (unpaired) electrons. The van der Waals surface area contributed by atoms with Crippen LogP contribution in [-0.2, 0) is 34.0 Å². The minimum Gasteiger partial charge on any atom is -0.460 e. The zero-order chi connectivity index (χ0) is 23.6. The molecule has 34 heavy (non-hydrogen) atoms. The van der Waals surface area contributed by atoms with E-state index < -0.39 is 0 Å². The number of carbonyl (C=O) groups excluding carboxylic acids is 1. The van der Waals surface area contributed by atoms with Gasteiger partial charge in [-0.25, -0.2) is 0 Å². The molecule has 2 heterocycles. The molecule has 1 fully saturated rings. The highest BCUT2D eigenvalue weighted by molar-refractivity contribution is 5.71. The number of nitrogens with zero attached hydrogens (tertiary/aromatic N) is 3. The summed E-state index contributed by atoms with van der Waals surface area (Å²) in [5.41, 5.74) is 4.74. The van der Waals surface area contributed by atoms with E-state index in [4.69, 9.17) is 9.47 Å². The number of hydrogen-bond donors (Lipinski definition) is 0. The Morgan fingerprint density at radius 3 is 2.59 bits per heavy atom. The summed E-state index contributed by atoms with van der Waals surface area (Å²) in [7, 11) is 0. The molecule has 1 aromatic heterocycles. The molecule has 0 amide bonds. The van der Waals surface area contributed by atoms with Crippen LogP contribution in [0, 0.1) is 6.92 Å². The quantitative estimate of drug-likeness (QED) is 0.407. The third-order valence-corrected chi connectivity index (χ3v) is 6.18. The van der Waals surface area contributed by atoms with E-state index in [1.165, 1.54) is 16.8 Å². The molecule has 1 aliphatic heterocycles. The van der Waals surface area contributed by atoms with Gasteiger partial charge in [0.05, 0.1) is 19.8 Å². The molecule has 4 rings (SSSR count). The SMILES string of the molecule is Cc1cccc(Cn2cccc2CN(CCN2CCOCC2)CC(=O)OCc2ccccc2)c1. The smallest absolute Gasteiger partial charge is 0.320 e. The number of ether oxygens (including phenoxy) is 2. The fourth-order valence-corrected chi connectivity index (χ4v) is 4.27. The predicted molar refractivity (Wildman–Crippen MR) is 133 cm³/mol. The van der Waals surface area contributed by atoms with E-state index in [1.54, 1.807) is 0 Å². The van der Waals surface area contributed by atoms with Crippen molar-refractivity contribution < 1.29 is 14.3 Å². The van der Waals surface area contributed by atoms with Crippen LogP contribution in [0.2, 0.25) is 0 Å². The predicted octanol–water partition coefficient (Wildman–Crippen LogP) is 3.72. The van der Waals surface area contributed by atoms with Gasteiger partial charge in [0, 0.05) is 51.2 Å². The summed E-state index contributed by atoms with van der Waals surface area (Å²) in [6.07, 6.45) is 2.12. The summed E-state index contributed by atoms with van der Waals surface area (Å²) in [6, 6.07) is 22.7. The van der Waals surface area contributed by atoms with Gasteiger partial charge in [-0.15, -0.1) is 0 Å². The molecule has 2 aromatic carbocycles. The summed E-state index contributed by atoms with van der Waals surface area (Å²) in [4.78, 5) is 17.3. The van der Waals surface area contributed by atoms with E-state index in [1.807, 2.05) is 30.3 Å². The molecular weight excluding hydrogens is 426 g/mol. The molecule has 0 saturated carbocycles. The van der Waals surface area contributed by atoms with Crippen LogP contribution >= 0.6 is 0 Å². The number of morpholine rings is 1. The fraction of sp³-hybridized carbons (Fsp3) is 0.393. The van der Waals surface area contributed by atoms with Crippen molar-refractivity contribution in [2.24, 2.45) is 0 Å². The second kappa shape index (κ2) is 12.5. The molecule has 0 atom stereocenters. The molecule has 0 spiro atoms. The molecule has 1 saturated heterocycles. The number of benzene rings is 2. The number of aryl methyl sites for hydroxylation is 1. The van der Waals surface area contributed by atoms with Crippen molar-refractivity contribution in [2.75, 3.05) is 45.9 Å². The van der Waals surface area contributed by atoms with Gasteiger partial charge >= 0.3 is 5.97 Å². The molecule has 3 aromatic rings. The van der Waals surface area contributed by atoms with E-state index in [-0.39, 0.29) is 12.5 Å². The Labute approximate surface area is 202 Å². The lowest BCUT2D eigenvalue weighted by Crippen LogP contribution is -2.42. The van der Waals surface area contributed by atoms with Crippen LogP contribution in [-0.4, -0.2) is 66.3 Å². The van der Waals surface area contributed by atoms with Crippen molar-refractivity contribution in [1.29, 1.82) is 0 Å². The van der Waals surface area contributed by atoms with Crippen LogP contribution in [0.25, 0.3) is 0 Å². The van der Waals surface area contributed by atoms with Crippen molar-refractivity contribution in [3.8, 4) is 0 Å². The maximum absolute atomic E-state index is 12.7. The molecule has 6 nitrogen and oxygen atoms in total. The number of esters is 1. The number of hydrogen-bond acceptors (Lipinski definition) is 5. The van der Waals surface area contributed by atoms with E-state index in [0.717, 1.165) is 51.5 Å². The third kappa shape index (κ3) is 7.55. The Morgan fingerprint density at radius 1 is 1.00 bits per heavy atom. The van der Waals surface area contributed by atoms with Gasteiger partial charge in [-0.1, -0.05) is 60.2 Å². The average molecular weight is 462 g/mol. The largest absolute Gasteiger partial charge is 0.460 e. The lowest BCUT2D eigenvalue weighted by Gasteiger charge is -2.30. The van der Waals surface area contributed by atoms with E-state index in [9.17, 15) is 4.79 Å². The molecule has 180 valence electrons. The van der Waals surface area contributed by atoms with Gasteiger partial charge in [0.25, 0.3) is 0 Å². The summed E-state index contributed by atoms with van der Waals surface area (Å²) >= 11 is 0. The Bertz CT molecular complexity index is 1030. The normalized spacial score (nSPS) is 14.4. The van der Waals surface area contributed by atoms with Gasteiger partial charge in [-0.05, 0) is 30.2 Å². The van der Waals surface area contributed by atoms with Crippen LogP contribution in [0.15, 0.2) is 72.9 Å². The van der Waals surface area contributed by atoms with Crippen molar-refractivity contribution in [1.82, 2.24) is 14.4 Å². The molecule has 0 N–H and O–H groups in total. The second-order valence-electron chi connectivity index (χ2n) is 8.93. The van der Waals surface area contributed by atoms with E-state index in [0.29, 0.717) is 13.2 Å². The number of rotatable bonds is 11. The summed E-state index contributed by atoms with van der Waals surface area (Å²) < 4.78 is 13.3. The summed E-state index contributed by atoms with van der Waals surface area (Å²) in [5.74, 6) is -0.192. The first-order chi connectivity index (χ1) is 16.7. The second-order valence-corrected chi connectivity index (χ2v) is 8.93.